The molecule has 4 heterocycles. The number of anilines is 1. The molecule has 3 aromatic rings. The second kappa shape index (κ2) is 7.18. The molecule has 2 aliphatic heterocycles. The number of fused-ring (bicyclic) bond motifs is 3. The Morgan fingerprint density at radius 2 is 2.10 bits per heavy atom. The summed E-state index contributed by atoms with van der Waals surface area (Å²) < 4.78 is 6.04. The van der Waals surface area contributed by atoms with Crippen LogP contribution in [0.25, 0.3) is 10.9 Å². The highest BCUT2D eigenvalue weighted by molar-refractivity contribution is 6.29. The van der Waals surface area contributed by atoms with E-state index < -0.39 is 0 Å². The van der Waals surface area contributed by atoms with Crippen molar-refractivity contribution in [3.8, 4) is 11.9 Å². The zero-order valence-corrected chi connectivity index (χ0v) is 16.8. The van der Waals surface area contributed by atoms with E-state index in [4.69, 9.17) is 16.3 Å². The molecule has 0 radical (unpaired) electrons. The SMILES string of the molecule is C[C@@H]1CN(c2ccc(C#N)c3ncccc23)C[C@@H]2COc3nc(Cl)ccc3CN21. The fourth-order valence-corrected chi connectivity index (χ4v) is 4.57. The first kappa shape index (κ1) is 18.2. The number of ether oxygens (including phenoxy) is 1. The van der Waals surface area contributed by atoms with Crippen molar-refractivity contribution < 1.29 is 4.74 Å². The van der Waals surface area contributed by atoms with Crippen LogP contribution in [0.5, 0.6) is 5.88 Å². The number of aromatic nitrogens is 2. The van der Waals surface area contributed by atoms with Gasteiger partial charge in [0.15, 0.2) is 0 Å². The standard InChI is InChI=1S/C22H20ClN5O/c1-14-10-27(19-6-4-15(9-24)21-18(19)3-2-8-25-21)12-17-13-29-22-16(11-28(14)17)5-7-20(23)26-22/h2-8,14,17H,10-13H2,1H3/t14-,17-/m1/s1. The van der Waals surface area contributed by atoms with Gasteiger partial charge in [-0.3, -0.25) is 9.88 Å². The van der Waals surface area contributed by atoms with Gasteiger partial charge in [0.2, 0.25) is 5.88 Å². The molecule has 0 spiro atoms. The van der Waals surface area contributed by atoms with E-state index in [1.165, 1.54) is 0 Å². The maximum atomic E-state index is 9.43. The summed E-state index contributed by atoms with van der Waals surface area (Å²) in [6.45, 7) is 5.34. The second-order valence-corrected chi connectivity index (χ2v) is 8.02. The Labute approximate surface area is 174 Å². The highest BCUT2D eigenvalue weighted by Crippen LogP contribution is 2.33. The minimum atomic E-state index is 0.231. The van der Waals surface area contributed by atoms with Gasteiger partial charge >= 0.3 is 0 Å². The molecule has 0 bridgehead atoms. The van der Waals surface area contributed by atoms with Crippen LogP contribution in [0.15, 0.2) is 42.6 Å². The smallest absolute Gasteiger partial charge is 0.219 e. The molecular weight excluding hydrogens is 386 g/mol. The number of hydrogen-bond donors (Lipinski definition) is 0. The molecule has 0 unspecified atom stereocenters. The van der Waals surface area contributed by atoms with E-state index in [0.29, 0.717) is 29.2 Å². The first-order chi connectivity index (χ1) is 14.1. The van der Waals surface area contributed by atoms with Crippen molar-refractivity contribution in [1.29, 1.82) is 5.26 Å². The van der Waals surface area contributed by atoms with Gasteiger partial charge in [-0.15, -0.1) is 0 Å². The van der Waals surface area contributed by atoms with Gasteiger partial charge in [0, 0.05) is 48.5 Å². The lowest BCUT2D eigenvalue weighted by Crippen LogP contribution is -2.58. The molecule has 146 valence electrons. The van der Waals surface area contributed by atoms with Crippen LogP contribution in [0.2, 0.25) is 5.15 Å². The van der Waals surface area contributed by atoms with Gasteiger partial charge in [0.25, 0.3) is 0 Å². The molecule has 0 saturated carbocycles. The summed E-state index contributed by atoms with van der Waals surface area (Å²) in [4.78, 5) is 13.7. The summed E-state index contributed by atoms with van der Waals surface area (Å²) in [7, 11) is 0. The highest BCUT2D eigenvalue weighted by atomic mass is 35.5. The summed E-state index contributed by atoms with van der Waals surface area (Å²) in [6, 6.07) is 14.5. The molecule has 0 aliphatic carbocycles. The minimum Gasteiger partial charge on any atom is -0.476 e. The van der Waals surface area contributed by atoms with Crippen molar-refractivity contribution >= 4 is 28.2 Å². The van der Waals surface area contributed by atoms with Crippen LogP contribution in [0, 0.1) is 11.3 Å². The number of piperazine rings is 1. The predicted molar refractivity (Wildman–Crippen MR) is 112 cm³/mol. The van der Waals surface area contributed by atoms with Crippen LogP contribution < -0.4 is 9.64 Å². The van der Waals surface area contributed by atoms with E-state index in [0.717, 1.165) is 41.8 Å². The van der Waals surface area contributed by atoms with Crippen LogP contribution in [0.4, 0.5) is 5.69 Å². The monoisotopic (exact) mass is 405 g/mol. The maximum Gasteiger partial charge on any atom is 0.219 e. The van der Waals surface area contributed by atoms with E-state index in [1.807, 2.05) is 36.4 Å². The molecule has 1 saturated heterocycles. The molecule has 2 atom stereocenters. The normalized spacial score (nSPS) is 21.6. The molecule has 2 aromatic heterocycles. The summed E-state index contributed by atoms with van der Waals surface area (Å²) in [6.07, 6.45) is 1.74. The largest absolute Gasteiger partial charge is 0.476 e. The number of nitrogens with zero attached hydrogens (tertiary/aromatic N) is 5. The molecular formula is C22H20ClN5O. The summed E-state index contributed by atoms with van der Waals surface area (Å²) in [5.41, 5.74) is 3.55. The summed E-state index contributed by atoms with van der Waals surface area (Å²) in [5, 5.41) is 10.9. The van der Waals surface area contributed by atoms with Crippen LogP contribution >= 0.6 is 11.6 Å². The Morgan fingerprint density at radius 1 is 1.21 bits per heavy atom. The van der Waals surface area contributed by atoms with Gasteiger partial charge in [0.1, 0.15) is 17.8 Å². The van der Waals surface area contributed by atoms with E-state index >= 15 is 0 Å². The average Bonchev–Trinajstić information content (AvgIpc) is 2.92. The van der Waals surface area contributed by atoms with Crippen LogP contribution in [0.1, 0.15) is 18.1 Å². The van der Waals surface area contributed by atoms with Crippen molar-refractivity contribution in [3.63, 3.8) is 0 Å². The van der Waals surface area contributed by atoms with Crippen molar-refractivity contribution in [1.82, 2.24) is 14.9 Å². The molecule has 5 rings (SSSR count). The van der Waals surface area contributed by atoms with Gasteiger partial charge < -0.3 is 9.64 Å². The maximum absolute atomic E-state index is 9.43. The zero-order chi connectivity index (χ0) is 20.0. The first-order valence-corrected chi connectivity index (χ1v) is 10.1. The van der Waals surface area contributed by atoms with Crippen LogP contribution in [-0.2, 0) is 6.54 Å². The Bertz CT molecular complexity index is 1130. The van der Waals surface area contributed by atoms with Crippen molar-refractivity contribution in [2.45, 2.75) is 25.6 Å². The van der Waals surface area contributed by atoms with E-state index in [-0.39, 0.29) is 6.04 Å². The minimum absolute atomic E-state index is 0.231. The number of rotatable bonds is 1. The number of benzene rings is 1. The molecule has 1 aromatic carbocycles. The molecule has 2 aliphatic rings. The lowest BCUT2D eigenvalue weighted by atomic mass is 10.0. The molecule has 7 heteroatoms. The molecule has 0 amide bonds. The number of pyridine rings is 2. The van der Waals surface area contributed by atoms with E-state index in [1.54, 1.807) is 6.20 Å². The van der Waals surface area contributed by atoms with Gasteiger partial charge in [-0.05, 0) is 43.3 Å². The third-order valence-corrected chi connectivity index (χ3v) is 6.04. The van der Waals surface area contributed by atoms with Crippen molar-refractivity contribution in [2.75, 3.05) is 24.6 Å². The topological polar surface area (TPSA) is 65.3 Å². The fraction of sp³-hybridized carbons (Fsp3) is 0.318. The Kier molecular flexibility index (Phi) is 4.50. The molecule has 6 nitrogen and oxygen atoms in total. The summed E-state index contributed by atoms with van der Waals surface area (Å²) >= 11 is 6.05. The van der Waals surface area contributed by atoms with Gasteiger partial charge in [0.05, 0.1) is 17.1 Å². The lowest BCUT2D eigenvalue weighted by Gasteiger charge is -2.45. The Morgan fingerprint density at radius 3 is 2.97 bits per heavy atom. The number of nitriles is 1. The predicted octanol–water partition coefficient (Wildman–Crippen LogP) is 3.63. The Hall–Kier alpha value is -2.88. The zero-order valence-electron chi connectivity index (χ0n) is 16.0. The number of hydrogen-bond acceptors (Lipinski definition) is 6. The van der Waals surface area contributed by atoms with Crippen LogP contribution in [0.3, 0.4) is 0 Å². The third kappa shape index (κ3) is 3.17. The number of halogens is 1. The van der Waals surface area contributed by atoms with E-state index in [2.05, 4.69) is 32.8 Å². The quantitative estimate of drug-likeness (QED) is 0.576. The molecule has 29 heavy (non-hydrogen) atoms. The van der Waals surface area contributed by atoms with Gasteiger partial charge in [-0.1, -0.05) is 11.6 Å². The Balaban J connectivity index is 1.48. The third-order valence-electron chi connectivity index (χ3n) is 5.83. The first-order valence-electron chi connectivity index (χ1n) is 9.71. The second-order valence-electron chi connectivity index (χ2n) is 7.63. The molecule has 1 fully saturated rings. The summed E-state index contributed by atoms with van der Waals surface area (Å²) in [5.74, 6) is 0.638. The van der Waals surface area contributed by atoms with Crippen molar-refractivity contribution in [2.24, 2.45) is 0 Å². The lowest BCUT2D eigenvalue weighted by molar-refractivity contribution is 0.0884. The average molecular weight is 406 g/mol. The highest BCUT2D eigenvalue weighted by Gasteiger charge is 2.36. The van der Waals surface area contributed by atoms with Crippen molar-refractivity contribution in [3.05, 3.63) is 58.9 Å². The van der Waals surface area contributed by atoms with Gasteiger partial charge in [-0.25, -0.2) is 4.98 Å². The van der Waals surface area contributed by atoms with Crippen LogP contribution in [-0.4, -0.2) is 46.6 Å². The van der Waals surface area contributed by atoms with E-state index in [9.17, 15) is 5.26 Å². The van der Waals surface area contributed by atoms with Gasteiger partial charge in [-0.2, -0.15) is 5.26 Å². The fourth-order valence-electron chi connectivity index (χ4n) is 4.44. The molecule has 0 N–H and O–H groups in total.